The molecule has 14 heavy (non-hydrogen) atoms. The summed E-state index contributed by atoms with van der Waals surface area (Å²) in [5.74, 6) is 0. The van der Waals surface area contributed by atoms with E-state index in [2.05, 4.69) is 32.9 Å². The highest BCUT2D eigenvalue weighted by Crippen LogP contribution is 2.21. The Bertz CT molecular complexity index is 329. The van der Waals surface area contributed by atoms with E-state index in [9.17, 15) is 0 Å². The highest BCUT2D eigenvalue weighted by atomic mass is 14.8. The van der Waals surface area contributed by atoms with Gasteiger partial charge in [-0.25, -0.2) is 0 Å². The molecule has 2 nitrogen and oxygen atoms in total. The molecule has 0 saturated heterocycles. The molecule has 0 radical (unpaired) electrons. The van der Waals surface area contributed by atoms with Crippen LogP contribution in [0.3, 0.4) is 0 Å². The molecule has 2 atom stereocenters. The molecule has 1 aromatic carbocycles. The van der Waals surface area contributed by atoms with Gasteiger partial charge in [-0.1, -0.05) is 12.1 Å². The van der Waals surface area contributed by atoms with E-state index >= 15 is 0 Å². The summed E-state index contributed by atoms with van der Waals surface area (Å²) in [5, 5.41) is 0. The molecule has 0 bridgehead atoms. The van der Waals surface area contributed by atoms with Crippen LogP contribution in [0.5, 0.6) is 0 Å². The van der Waals surface area contributed by atoms with Crippen molar-refractivity contribution in [1.82, 2.24) is 0 Å². The maximum Gasteiger partial charge on any atom is 0.0448 e. The second kappa shape index (κ2) is 4.11. The fraction of sp³-hybridized carbons (Fsp3) is 0.500. The standard InChI is InChI=1S/C12H20N2/c1-7-5-9(3)11(6-8(7)2)12(14)10(4)13/h5-6,10,12H,13-14H2,1-4H3. The zero-order valence-electron chi connectivity index (χ0n) is 9.46. The lowest BCUT2D eigenvalue weighted by atomic mass is 9.93. The van der Waals surface area contributed by atoms with Crippen LogP contribution in [0.1, 0.15) is 35.2 Å². The van der Waals surface area contributed by atoms with Gasteiger partial charge in [0.25, 0.3) is 0 Å². The summed E-state index contributed by atoms with van der Waals surface area (Å²) < 4.78 is 0. The topological polar surface area (TPSA) is 52.0 Å². The van der Waals surface area contributed by atoms with Crippen molar-refractivity contribution in [1.29, 1.82) is 0 Å². The van der Waals surface area contributed by atoms with E-state index in [1.54, 1.807) is 0 Å². The summed E-state index contributed by atoms with van der Waals surface area (Å²) in [4.78, 5) is 0. The highest BCUT2D eigenvalue weighted by Gasteiger charge is 2.13. The highest BCUT2D eigenvalue weighted by molar-refractivity contribution is 5.38. The van der Waals surface area contributed by atoms with Crippen LogP contribution in [0, 0.1) is 20.8 Å². The van der Waals surface area contributed by atoms with Crippen LogP contribution in [-0.2, 0) is 0 Å². The van der Waals surface area contributed by atoms with E-state index < -0.39 is 0 Å². The predicted octanol–water partition coefficient (Wildman–Crippen LogP) is 1.96. The molecular formula is C12H20N2. The van der Waals surface area contributed by atoms with Gasteiger partial charge in [0, 0.05) is 12.1 Å². The molecule has 2 unspecified atom stereocenters. The normalized spacial score (nSPS) is 15.3. The zero-order chi connectivity index (χ0) is 10.9. The Morgan fingerprint density at radius 1 is 0.929 bits per heavy atom. The van der Waals surface area contributed by atoms with Gasteiger partial charge in [0.05, 0.1) is 0 Å². The first kappa shape index (κ1) is 11.2. The minimum atomic E-state index is -0.0608. The fourth-order valence-corrected chi connectivity index (χ4v) is 1.63. The first-order valence-corrected chi connectivity index (χ1v) is 5.02. The van der Waals surface area contributed by atoms with Crippen molar-refractivity contribution in [3.05, 3.63) is 34.4 Å². The van der Waals surface area contributed by atoms with Crippen LogP contribution in [0.25, 0.3) is 0 Å². The van der Waals surface area contributed by atoms with E-state index in [1.807, 2.05) is 6.92 Å². The number of nitrogens with two attached hydrogens (primary N) is 2. The third-order valence-electron chi connectivity index (χ3n) is 2.81. The molecule has 4 N–H and O–H groups in total. The lowest BCUT2D eigenvalue weighted by molar-refractivity contribution is 0.586. The maximum absolute atomic E-state index is 6.03. The summed E-state index contributed by atoms with van der Waals surface area (Å²) >= 11 is 0. The van der Waals surface area contributed by atoms with E-state index in [0.29, 0.717) is 0 Å². The van der Waals surface area contributed by atoms with Crippen LogP contribution >= 0.6 is 0 Å². The smallest absolute Gasteiger partial charge is 0.0448 e. The number of aryl methyl sites for hydroxylation is 3. The SMILES string of the molecule is Cc1cc(C)c(C(N)C(C)N)cc1C. The molecule has 2 heteroatoms. The largest absolute Gasteiger partial charge is 0.326 e. The van der Waals surface area contributed by atoms with E-state index in [4.69, 9.17) is 11.5 Å². The lowest BCUT2D eigenvalue weighted by Crippen LogP contribution is -2.31. The van der Waals surface area contributed by atoms with Gasteiger partial charge < -0.3 is 11.5 Å². The summed E-state index contributed by atoms with van der Waals surface area (Å²) in [7, 11) is 0. The average Bonchev–Trinajstić information content (AvgIpc) is 2.10. The number of hydrogen-bond acceptors (Lipinski definition) is 2. The van der Waals surface area contributed by atoms with Crippen molar-refractivity contribution in [2.45, 2.75) is 39.8 Å². The fourth-order valence-electron chi connectivity index (χ4n) is 1.63. The summed E-state index contributed by atoms with van der Waals surface area (Å²) in [5.41, 5.74) is 16.8. The number of benzene rings is 1. The van der Waals surface area contributed by atoms with Crippen molar-refractivity contribution in [2.24, 2.45) is 11.5 Å². The first-order chi connectivity index (χ1) is 6.43. The van der Waals surface area contributed by atoms with E-state index in [-0.39, 0.29) is 12.1 Å². The zero-order valence-corrected chi connectivity index (χ0v) is 9.46. The van der Waals surface area contributed by atoms with Gasteiger partial charge in [0.2, 0.25) is 0 Å². The van der Waals surface area contributed by atoms with Crippen LogP contribution in [-0.4, -0.2) is 6.04 Å². The number of rotatable bonds is 2. The monoisotopic (exact) mass is 192 g/mol. The third kappa shape index (κ3) is 2.14. The lowest BCUT2D eigenvalue weighted by Gasteiger charge is -2.19. The molecule has 1 rings (SSSR count). The van der Waals surface area contributed by atoms with Gasteiger partial charge in [-0.15, -0.1) is 0 Å². The first-order valence-electron chi connectivity index (χ1n) is 5.02. The Hall–Kier alpha value is -0.860. The molecule has 0 fully saturated rings. The Morgan fingerprint density at radius 3 is 1.93 bits per heavy atom. The summed E-state index contributed by atoms with van der Waals surface area (Å²) in [6.45, 7) is 8.25. The molecule has 0 amide bonds. The number of hydrogen-bond donors (Lipinski definition) is 2. The van der Waals surface area contributed by atoms with Crippen molar-refractivity contribution in [3.8, 4) is 0 Å². The molecule has 0 aromatic heterocycles. The van der Waals surface area contributed by atoms with Gasteiger partial charge in [-0.3, -0.25) is 0 Å². The molecule has 0 spiro atoms. The molecule has 1 aromatic rings. The molecule has 0 aliphatic carbocycles. The van der Waals surface area contributed by atoms with Gasteiger partial charge in [-0.2, -0.15) is 0 Å². The van der Waals surface area contributed by atoms with Gasteiger partial charge in [0.1, 0.15) is 0 Å². The summed E-state index contributed by atoms with van der Waals surface area (Å²) in [6, 6.07) is 4.26. The van der Waals surface area contributed by atoms with E-state index in [0.717, 1.165) is 0 Å². The Labute approximate surface area is 86.3 Å². The van der Waals surface area contributed by atoms with Gasteiger partial charge in [-0.05, 0) is 49.9 Å². The average molecular weight is 192 g/mol. The Kier molecular flexibility index (Phi) is 3.29. The minimum Gasteiger partial charge on any atom is -0.326 e. The van der Waals surface area contributed by atoms with Crippen LogP contribution in [0.15, 0.2) is 12.1 Å². The van der Waals surface area contributed by atoms with E-state index in [1.165, 1.54) is 22.3 Å². The second-order valence-electron chi connectivity index (χ2n) is 4.18. The van der Waals surface area contributed by atoms with Gasteiger partial charge >= 0.3 is 0 Å². The van der Waals surface area contributed by atoms with Crippen molar-refractivity contribution in [3.63, 3.8) is 0 Å². The predicted molar refractivity (Wildman–Crippen MR) is 61.2 cm³/mol. The van der Waals surface area contributed by atoms with Crippen molar-refractivity contribution >= 4 is 0 Å². The van der Waals surface area contributed by atoms with Crippen LogP contribution in [0.4, 0.5) is 0 Å². The minimum absolute atomic E-state index is 0.00388. The van der Waals surface area contributed by atoms with Crippen LogP contribution in [0.2, 0.25) is 0 Å². The van der Waals surface area contributed by atoms with Crippen LogP contribution < -0.4 is 11.5 Å². The van der Waals surface area contributed by atoms with Crippen molar-refractivity contribution in [2.75, 3.05) is 0 Å². The third-order valence-corrected chi connectivity index (χ3v) is 2.81. The summed E-state index contributed by atoms with van der Waals surface area (Å²) in [6.07, 6.45) is 0. The Balaban J connectivity index is 3.15. The second-order valence-corrected chi connectivity index (χ2v) is 4.18. The molecule has 0 aliphatic rings. The Morgan fingerprint density at radius 2 is 1.43 bits per heavy atom. The molecule has 0 saturated carbocycles. The molecule has 0 aliphatic heterocycles. The van der Waals surface area contributed by atoms with Gasteiger partial charge in [0.15, 0.2) is 0 Å². The molecule has 0 heterocycles. The quantitative estimate of drug-likeness (QED) is 0.752. The van der Waals surface area contributed by atoms with Crippen molar-refractivity contribution < 1.29 is 0 Å². The molecule has 78 valence electrons. The maximum atomic E-state index is 6.03. The molecular weight excluding hydrogens is 172 g/mol.